The van der Waals surface area contributed by atoms with Gasteiger partial charge in [0.05, 0.1) is 12.6 Å². The molecule has 5 nitrogen and oxygen atoms in total. The normalized spacial score (nSPS) is 19.4. The average Bonchev–Trinajstić information content (AvgIpc) is 2.53. The summed E-state index contributed by atoms with van der Waals surface area (Å²) in [6.07, 6.45) is 2.48. The van der Waals surface area contributed by atoms with Crippen molar-refractivity contribution in [3.8, 4) is 0 Å². The first-order chi connectivity index (χ1) is 11.0. The highest BCUT2D eigenvalue weighted by atomic mass is 35.5. The van der Waals surface area contributed by atoms with Crippen LogP contribution in [0.3, 0.4) is 0 Å². The molecule has 2 N–H and O–H groups in total. The van der Waals surface area contributed by atoms with Gasteiger partial charge in [-0.05, 0) is 30.9 Å². The molecule has 134 valence electrons. The third kappa shape index (κ3) is 5.49. The number of hydrogen-bond donors (Lipinski definition) is 2. The van der Waals surface area contributed by atoms with E-state index in [-0.39, 0.29) is 36.8 Å². The summed E-state index contributed by atoms with van der Waals surface area (Å²) in [7, 11) is 0. The fourth-order valence-corrected chi connectivity index (χ4v) is 3.16. The van der Waals surface area contributed by atoms with Gasteiger partial charge < -0.3 is 10.4 Å². The lowest BCUT2D eigenvalue weighted by atomic mass is 9.96. The van der Waals surface area contributed by atoms with Crippen molar-refractivity contribution < 1.29 is 14.7 Å². The van der Waals surface area contributed by atoms with Gasteiger partial charge in [0, 0.05) is 0 Å². The Kier molecular flexibility index (Phi) is 8.22. The zero-order valence-corrected chi connectivity index (χ0v) is 15.1. The number of piperidine rings is 1. The molecule has 0 spiro atoms. The number of rotatable bonds is 6. The van der Waals surface area contributed by atoms with Crippen molar-refractivity contribution in [1.82, 2.24) is 10.2 Å². The first-order valence-corrected chi connectivity index (χ1v) is 8.30. The smallest absolute Gasteiger partial charge is 0.320 e. The largest absolute Gasteiger partial charge is 0.480 e. The monoisotopic (exact) mass is 354 g/mol. The Morgan fingerprint density at radius 3 is 2.50 bits per heavy atom. The average molecular weight is 355 g/mol. The minimum absolute atomic E-state index is 0. The second-order valence-corrected chi connectivity index (χ2v) is 6.52. The Labute approximate surface area is 149 Å². The van der Waals surface area contributed by atoms with Gasteiger partial charge in [-0.3, -0.25) is 14.5 Å². The molecule has 2 atom stereocenters. The lowest BCUT2D eigenvalue weighted by Gasteiger charge is -2.33. The van der Waals surface area contributed by atoms with Crippen LogP contribution in [0.25, 0.3) is 0 Å². The topological polar surface area (TPSA) is 69.6 Å². The first-order valence-electron chi connectivity index (χ1n) is 8.30. The van der Waals surface area contributed by atoms with Crippen molar-refractivity contribution in [3.63, 3.8) is 0 Å². The minimum Gasteiger partial charge on any atom is -0.480 e. The maximum Gasteiger partial charge on any atom is 0.320 e. The van der Waals surface area contributed by atoms with E-state index >= 15 is 0 Å². The number of benzene rings is 1. The second-order valence-electron chi connectivity index (χ2n) is 6.52. The van der Waals surface area contributed by atoms with Gasteiger partial charge >= 0.3 is 5.97 Å². The lowest BCUT2D eigenvalue weighted by Crippen LogP contribution is -2.49. The number of hydrogen-bond acceptors (Lipinski definition) is 3. The Hall–Kier alpha value is -1.59. The summed E-state index contributed by atoms with van der Waals surface area (Å²) in [5.74, 6) is -0.681. The highest BCUT2D eigenvalue weighted by molar-refractivity contribution is 5.85. The van der Waals surface area contributed by atoms with Gasteiger partial charge in [-0.1, -0.05) is 50.6 Å². The Morgan fingerprint density at radius 1 is 1.25 bits per heavy atom. The SMILES string of the molecule is CC(C)C(NC(=O)CN1CCCCC1C(=O)O)c1ccccc1.Cl. The molecule has 0 radical (unpaired) electrons. The van der Waals surface area contributed by atoms with Crippen molar-refractivity contribution in [2.75, 3.05) is 13.1 Å². The molecule has 1 aliphatic rings. The van der Waals surface area contributed by atoms with Crippen LogP contribution in [0.15, 0.2) is 30.3 Å². The summed E-state index contributed by atoms with van der Waals surface area (Å²) in [4.78, 5) is 25.5. The maximum atomic E-state index is 12.4. The van der Waals surface area contributed by atoms with Crippen LogP contribution >= 0.6 is 12.4 Å². The van der Waals surface area contributed by atoms with Gasteiger partial charge in [0.2, 0.25) is 5.91 Å². The lowest BCUT2D eigenvalue weighted by molar-refractivity contribution is -0.145. The second kappa shape index (κ2) is 9.64. The van der Waals surface area contributed by atoms with E-state index < -0.39 is 12.0 Å². The highest BCUT2D eigenvalue weighted by Crippen LogP contribution is 2.22. The molecule has 1 saturated heterocycles. The molecule has 2 unspecified atom stereocenters. The molecule has 1 aromatic rings. The summed E-state index contributed by atoms with van der Waals surface area (Å²) in [5, 5.41) is 12.4. The fraction of sp³-hybridized carbons (Fsp3) is 0.556. The van der Waals surface area contributed by atoms with E-state index in [4.69, 9.17) is 0 Å². The van der Waals surface area contributed by atoms with Crippen LogP contribution in [-0.2, 0) is 9.59 Å². The van der Waals surface area contributed by atoms with E-state index in [9.17, 15) is 14.7 Å². The molecular weight excluding hydrogens is 328 g/mol. The van der Waals surface area contributed by atoms with E-state index in [2.05, 4.69) is 19.2 Å². The van der Waals surface area contributed by atoms with Gasteiger partial charge in [-0.2, -0.15) is 0 Å². The van der Waals surface area contributed by atoms with Crippen LogP contribution in [0.2, 0.25) is 0 Å². The van der Waals surface area contributed by atoms with Crippen molar-refractivity contribution in [3.05, 3.63) is 35.9 Å². The Bertz CT molecular complexity index is 536. The van der Waals surface area contributed by atoms with E-state index in [1.807, 2.05) is 30.3 Å². The van der Waals surface area contributed by atoms with Gasteiger partial charge in [0.1, 0.15) is 6.04 Å². The predicted octanol–water partition coefficient (Wildman–Crippen LogP) is 2.86. The first kappa shape index (κ1) is 20.5. The van der Waals surface area contributed by atoms with E-state index in [0.717, 1.165) is 18.4 Å². The van der Waals surface area contributed by atoms with Crippen LogP contribution in [0, 0.1) is 5.92 Å². The van der Waals surface area contributed by atoms with E-state index in [0.29, 0.717) is 13.0 Å². The molecule has 24 heavy (non-hydrogen) atoms. The molecule has 0 bridgehead atoms. The van der Waals surface area contributed by atoms with Crippen molar-refractivity contribution in [2.45, 2.75) is 45.2 Å². The summed E-state index contributed by atoms with van der Waals surface area (Å²) in [6, 6.07) is 9.29. The van der Waals surface area contributed by atoms with Crippen LogP contribution in [0.4, 0.5) is 0 Å². The van der Waals surface area contributed by atoms with E-state index in [1.165, 1.54) is 0 Å². The third-order valence-corrected chi connectivity index (χ3v) is 4.39. The summed E-state index contributed by atoms with van der Waals surface area (Å²) < 4.78 is 0. The fourth-order valence-electron chi connectivity index (χ4n) is 3.16. The molecule has 1 amide bonds. The van der Waals surface area contributed by atoms with Gasteiger partial charge in [-0.15, -0.1) is 12.4 Å². The van der Waals surface area contributed by atoms with Crippen LogP contribution in [-0.4, -0.2) is 41.0 Å². The molecule has 6 heteroatoms. The molecule has 0 saturated carbocycles. The number of carboxylic acid groups (broad SMARTS) is 1. The zero-order valence-electron chi connectivity index (χ0n) is 14.3. The number of aliphatic carboxylic acids is 1. The number of carboxylic acids is 1. The van der Waals surface area contributed by atoms with Crippen LogP contribution in [0.1, 0.15) is 44.7 Å². The highest BCUT2D eigenvalue weighted by Gasteiger charge is 2.30. The Balaban J connectivity index is 0.00000288. The number of halogens is 1. The number of amides is 1. The number of carbonyl (C=O) groups excluding carboxylic acids is 1. The zero-order chi connectivity index (χ0) is 16.8. The summed E-state index contributed by atoms with van der Waals surface area (Å²) >= 11 is 0. The number of nitrogens with zero attached hydrogens (tertiary/aromatic N) is 1. The maximum absolute atomic E-state index is 12.4. The van der Waals surface area contributed by atoms with Crippen molar-refractivity contribution in [1.29, 1.82) is 0 Å². The van der Waals surface area contributed by atoms with Gasteiger partial charge in [0.25, 0.3) is 0 Å². The summed E-state index contributed by atoms with van der Waals surface area (Å²) in [5.41, 5.74) is 1.07. The number of nitrogens with one attached hydrogen (secondary N) is 1. The van der Waals surface area contributed by atoms with Crippen LogP contribution < -0.4 is 5.32 Å². The van der Waals surface area contributed by atoms with E-state index in [1.54, 1.807) is 4.90 Å². The van der Waals surface area contributed by atoms with Crippen molar-refractivity contribution >= 4 is 24.3 Å². The van der Waals surface area contributed by atoms with Gasteiger partial charge in [-0.25, -0.2) is 0 Å². The molecule has 2 rings (SSSR count). The molecule has 0 aromatic heterocycles. The molecule has 0 aliphatic carbocycles. The number of carbonyl (C=O) groups is 2. The predicted molar refractivity (Wildman–Crippen MR) is 96.3 cm³/mol. The molecule has 1 heterocycles. The minimum atomic E-state index is -0.832. The molecular formula is C18H27ClN2O3. The van der Waals surface area contributed by atoms with Gasteiger partial charge in [0.15, 0.2) is 0 Å². The third-order valence-electron chi connectivity index (χ3n) is 4.39. The molecule has 1 aliphatic heterocycles. The quantitative estimate of drug-likeness (QED) is 0.824. The molecule has 1 aromatic carbocycles. The molecule has 1 fully saturated rings. The van der Waals surface area contributed by atoms with Crippen molar-refractivity contribution in [2.24, 2.45) is 5.92 Å². The number of likely N-dealkylation sites (tertiary alicyclic amines) is 1. The Morgan fingerprint density at radius 2 is 1.92 bits per heavy atom. The standard InChI is InChI=1S/C18H26N2O3.ClH/c1-13(2)17(14-8-4-3-5-9-14)19-16(21)12-20-11-7-6-10-15(20)18(22)23;/h3-5,8-9,13,15,17H,6-7,10-12H2,1-2H3,(H,19,21)(H,22,23);1H. The van der Waals surface area contributed by atoms with Crippen LogP contribution in [0.5, 0.6) is 0 Å². The summed E-state index contributed by atoms with van der Waals surface area (Å²) in [6.45, 7) is 4.95.